The van der Waals surface area contributed by atoms with Crippen LogP contribution in [-0.4, -0.2) is 78.7 Å². The molecule has 0 aliphatic carbocycles. The zero-order valence-electron chi connectivity index (χ0n) is 25.3. The fourth-order valence-electron chi connectivity index (χ4n) is 4.16. The summed E-state index contributed by atoms with van der Waals surface area (Å²) in [6.07, 6.45) is 0.561. The molecule has 0 heterocycles. The Hall–Kier alpha value is -2.56. The molecule has 0 aliphatic rings. The van der Waals surface area contributed by atoms with Gasteiger partial charge < -0.3 is 39.6 Å². The van der Waals surface area contributed by atoms with Crippen LogP contribution >= 0.6 is 0 Å². The van der Waals surface area contributed by atoms with Crippen molar-refractivity contribution in [3.8, 4) is 11.5 Å². The molecule has 0 aliphatic heterocycles. The third-order valence-corrected chi connectivity index (χ3v) is 6.50. The summed E-state index contributed by atoms with van der Waals surface area (Å²) in [5, 5.41) is 32.3. The van der Waals surface area contributed by atoms with Crippen LogP contribution in [0.15, 0.2) is 18.2 Å². The van der Waals surface area contributed by atoms with Crippen LogP contribution in [0.2, 0.25) is 0 Å². The van der Waals surface area contributed by atoms with Gasteiger partial charge in [0.1, 0.15) is 5.60 Å². The number of rotatable bonds is 19. The molecular formula is C30H51NO9. The van der Waals surface area contributed by atoms with Gasteiger partial charge in [-0.15, -0.1) is 0 Å². The maximum atomic E-state index is 12.6. The van der Waals surface area contributed by atoms with Crippen molar-refractivity contribution in [1.82, 2.24) is 5.32 Å². The highest BCUT2D eigenvalue weighted by Gasteiger charge is 2.31. The molecular weight excluding hydrogens is 518 g/mol. The van der Waals surface area contributed by atoms with Crippen molar-refractivity contribution in [2.75, 3.05) is 33.5 Å². The van der Waals surface area contributed by atoms with Crippen LogP contribution in [0.25, 0.3) is 0 Å². The molecule has 0 spiro atoms. The largest absolute Gasteiger partial charge is 0.490 e. The molecule has 0 bridgehead atoms. The minimum Gasteiger partial charge on any atom is -0.490 e. The van der Waals surface area contributed by atoms with Crippen molar-refractivity contribution in [2.24, 2.45) is 17.8 Å². The average molecular weight is 570 g/mol. The number of aliphatic hydroxyl groups is 2. The van der Waals surface area contributed by atoms with Crippen molar-refractivity contribution in [3.05, 3.63) is 23.8 Å². The first kappa shape index (κ1) is 35.5. The van der Waals surface area contributed by atoms with Crippen molar-refractivity contribution < 1.29 is 43.9 Å². The van der Waals surface area contributed by atoms with E-state index in [2.05, 4.69) is 19.2 Å². The molecule has 230 valence electrons. The van der Waals surface area contributed by atoms with Gasteiger partial charge in [-0.1, -0.05) is 26.8 Å². The monoisotopic (exact) mass is 569 g/mol. The van der Waals surface area contributed by atoms with Gasteiger partial charge >= 0.3 is 12.1 Å². The predicted octanol–water partition coefficient (Wildman–Crippen LogP) is 4.43. The topological polar surface area (TPSA) is 144 Å². The summed E-state index contributed by atoms with van der Waals surface area (Å²) in [6, 6.07) is 5.06. The summed E-state index contributed by atoms with van der Waals surface area (Å²) >= 11 is 0. The van der Waals surface area contributed by atoms with Gasteiger partial charge in [-0.25, -0.2) is 4.79 Å². The highest BCUT2D eigenvalue weighted by atomic mass is 16.6. The van der Waals surface area contributed by atoms with Gasteiger partial charge in [0.2, 0.25) is 0 Å². The third kappa shape index (κ3) is 14.2. The van der Waals surface area contributed by atoms with Gasteiger partial charge in [0, 0.05) is 33.2 Å². The Kier molecular flexibility index (Phi) is 16.0. The van der Waals surface area contributed by atoms with Gasteiger partial charge in [-0.3, -0.25) is 4.79 Å². The van der Waals surface area contributed by atoms with Gasteiger partial charge in [-0.05, 0) is 69.6 Å². The number of amides is 1. The Morgan fingerprint density at radius 2 is 1.62 bits per heavy atom. The van der Waals surface area contributed by atoms with Crippen molar-refractivity contribution in [1.29, 1.82) is 0 Å². The fraction of sp³-hybridized carbons (Fsp3) is 0.733. The molecule has 4 N–H and O–H groups in total. The van der Waals surface area contributed by atoms with Crippen molar-refractivity contribution >= 4 is 12.1 Å². The van der Waals surface area contributed by atoms with Crippen LogP contribution in [-0.2, 0) is 20.7 Å². The van der Waals surface area contributed by atoms with Crippen LogP contribution in [0, 0.1) is 17.8 Å². The van der Waals surface area contributed by atoms with E-state index in [9.17, 15) is 19.8 Å². The molecule has 40 heavy (non-hydrogen) atoms. The quantitative estimate of drug-likeness (QED) is 0.178. The van der Waals surface area contributed by atoms with E-state index in [1.807, 2.05) is 18.2 Å². The molecule has 4 unspecified atom stereocenters. The van der Waals surface area contributed by atoms with Crippen LogP contribution in [0.3, 0.4) is 0 Å². The van der Waals surface area contributed by atoms with Gasteiger partial charge in [0.25, 0.3) is 0 Å². The maximum Gasteiger partial charge on any atom is 0.407 e. The van der Waals surface area contributed by atoms with E-state index in [0.29, 0.717) is 50.6 Å². The first-order chi connectivity index (χ1) is 18.8. The molecule has 0 saturated heterocycles. The zero-order valence-corrected chi connectivity index (χ0v) is 25.3. The van der Waals surface area contributed by atoms with E-state index < -0.39 is 35.7 Å². The molecule has 0 fully saturated rings. The number of aliphatic hydroxyl groups excluding tert-OH is 2. The van der Waals surface area contributed by atoms with Crippen LogP contribution in [0.4, 0.5) is 4.79 Å². The van der Waals surface area contributed by atoms with E-state index in [0.717, 1.165) is 12.0 Å². The number of ether oxygens (including phenoxy) is 4. The summed E-state index contributed by atoms with van der Waals surface area (Å²) in [5.41, 5.74) is 0.283. The van der Waals surface area contributed by atoms with Gasteiger partial charge in [-0.2, -0.15) is 0 Å². The number of methoxy groups -OCH3 is 1. The standard InChI is InChI=1S/C30H51NO9/c1-20(2)23(19-24(25(33)16-21(3)28(34)35)31-29(36)40-30(4,5)6)17-22-10-11-26(38-14-8-12-32)27(18-22)39-15-9-13-37-7/h10-11,18,20-21,23-25,32-33H,8-9,12-17,19H2,1-7H3,(H,31,36)(H,34,35). The second-order valence-electron chi connectivity index (χ2n) is 11.6. The van der Waals surface area contributed by atoms with Gasteiger partial charge in [0.05, 0.1) is 31.3 Å². The third-order valence-electron chi connectivity index (χ3n) is 6.50. The molecule has 0 saturated carbocycles. The Bertz CT molecular complexity index is 884. The lowest BCUT2D eigenvalue weighted by Gasteiger charge is -2.32. The smallest absolute Gasteiger partial charge is 0.407 e. The molecule has 10 heteroatoms. The molecule has 0 radical (unpaired) electrons. The first-order valence-corrected chi connectivity index (χ1v) is 14.2. The number of aliphatic carboxylic acids is 1. The summed E-state index contributed by atoms with van der Waals surface area (Å²) < 4.78 is 22.4. The molecule has 1 aromatic rings. The van der Waals surface area contributed by atoms with E-state index >= 15 is 0 Å². The van der Waals surface area contributed by atoms with Crippen LogP contribution in [0.1, 0.15) is 72.8 Å². The number of alkyl carbamates (subject to hydrolysis) is 1. The zero-order chi connectivity index (χ0) is 30.3. The Labute approximate surface area is 239 Å². The van der Waals surface area contributed by atoms with E-state index in [1.54, 1.807) is 27.9 Å². The van der Waals surface area contributed by atoms with Crippen LogP contribution in [0.5, 0.6) is 11.5 Å². The summed E-state index contributed by atoms with van der Waals surface area (Å²) in [4.78, 5) is 24.1. The summed E-state index contributed by atoms with van der Waals surface area (Å²) in [7, 11) is 1.64. The lowest BCUT2D eigenvalue weighted by molar-refractivity contribution is -0.142. The molecule has 10 nitrogen and oxygen atoms in total. The number of hydrogen-bond acceptors (Lipinski definition) is 8. The molecule has 1 rings (SSSR count). The van der Waals surface area contributed by atoms with Gasteiger partial charge in [0.15, 0.2) is 11.5 Å². The molecule has 1 aromatic carbocycles. The Morgan fingerprint density at radius 3 is 2.20 bits per heavy atom. The lowest BCUT2D eigenvalue weighted by Crippen LogP contribution is -2.47. The van der Waals surface area contributed by atoms with E-state index in [1.165, 1.54) is 6.92 Å². The molecule has 4 atom stereocenters. The predicted molar refractivity (Wildman–Crippen MR) is 153 cm³/mol. The number of nitrogens with one attached hydrogen (secondary N) is 1. The van der Waals surface area contributed by atoms with Crippen molar-refractivity contribution in [3.63, 3.8) is 0 Å². The number of carboxylic acids is 1. The number of carbonyl (C=O) groups excluding carboxylic acids is 1. The second-order valence-corrected chi connectivity index (χ2v) is 11.6. The highest BCUT2D eigenvalue weighted by molar-refractivity contribution is 5.70. The lowest BCUT2D eigenvalue weighted by atomic mass is 9.82. The fourth-order valence-corrected chi connectivity index (χ4v) is 4.16. The number of carbonyl (C=O) groups is 2. The van der Waals surface area contributed by atoms with E-state index in [-0.39, 0.29) is 24.9 Å². The number of hydrogen-bond donors (Lipinski definition) is 4. The first-order valence-electron chi connectivity index (χ1n) is 14.2. The average Bonchev–Trinajstić information content (AvgIpc) is 2.85. The second kappa shape index (κ2) is 18.0. The van der Waals surface area contributed by atoms with Crippen LogP contribution < -0.4 is 14.8 Å². The summed E-state index contributed by atoms with van der Waals surface area (Å²) in [5.74, 6) is -0.344. The SMILES string of the molecule is COCCCOc1cc(CC(CC(NC(=O)OC(C)(C)C)C(O)CC(C)C(=O)O)C(C)C)ccc1OCCCO. The minimum absolute atomic E-state index is 0.0000483. The normalized spacial score (nSPS) is 14.8. The maximum absolute atomic E-state index is 12.6. The highest BCUT2D eigenvalue weighted by Crippen LogP contribution is 2.32. The Morgan fingerprint density at radius 1 is 0.975 bits per heavy atom. The van der Waals surface area contributed by atoms with Crippen molar-refractivity contribution in [2.45, 2.75) is 91.4 Å². The number of benzene rings is 1. The molecule has 1 amide bonds. The minimum atomic E-state index is -1.07. The number of carboxylic acid groups (broad SMARTS) is 1. The summed E-state index contributed by atoms with van der Waals surface area (Å²) in [6.45, 7) is 12.4. The molecule has 0 aromatic heterocycles. The van der Waals surface area contributed by atoms with E-state index in [4.69, 9.17) is 24.1 Å². The Balaban J connectivity index is 3.16.